The van der Waals surface area contributed by atoms with E-state index in [0.29, 0.717) is 25.9 Å². The van der Waals surface area contributed by atoms with Gasteiger partial charge in [-0.2, -0.15) is 0 Å². The third kappa shape index (κ3) is 5.69. The Balaban J connectivity index is 1.30. The highest BCUT2D eigenvalue weighted by molar-refractivity contribution is 8.01. The van der Waals surface area contributed by atoms with Crippen molar-refractivity contribution in [3.63, 3.8) is 0 Å². The number of thioether (sulfide) groups is 1. The maximum absolute atomic E-state index is 12.4. The fraction of sp³-hybridized carbons (Fsp3) is 0.0500. The molecule has 8 nitrogen and oxygen atoms in total. The number of hydrogen-bond donors (Lipinski definition) is 2. The zero-order chi connectivity index (χ0) is 21.6. The molecule has 0 saturated heterocycles. The van der Waals surface area contributed by atoms with Gasteiger partial charge in [0.2, 0.25) is 11.0 Å². The molecule has 0 bridgehead atoms. The maximum atomic E-state index is 12.4. The van der Waals surface area contributed by atoms with Crippen LogP contribution in [0.15, 0.2) is 69.5 Å². The average Bonchev–Trinajstić information content (AvgIpc) is 3.43. The van der Waals surface area contributed by atoms with E-state index < -0.39 is 5.91 Å². The Morgan fingerprint density at radius 2 is 1.87 bits per heavy atom. The number of halogens is 1. The van der Waals surface area contributed by atoms with E-state index in [-0.39, 0.29) is 17.4 Å². The van der Waals surface area contributed by atoms with Crippen LogP contribution in [0.5, 0.6) is 0 Å². The van der Waals surface area contributed by atoms with Crippen molar-refractivity contribution in [2.45, 2.75) is 4.34 Å². The number of hydrogen-bond acceptors (Lipinski definition) is 8. The molecular weight excluding hydrogens is 458 g/mol. The van der Waals surface area contributed by atoms with Gasteiger partial charge in [0.1, 0.15) is 0 Å². The summed E-state index contributed by atoms with van der Waals surface area (Å²) < 4.78 is 5.78. The number of amides is 2. The lowest BCUT2D eigenvalue weighted by molar-refractivity contribution is -0.113. The average molecular weight is 472 g/mol. The fourth-order valence-corrected chi connectivity index (χ4v) is 4.23. The van der Waals surface area contributed by atoms with Gasteiger partial charge in [-0.3, -0.25) is 14.9 Å². The van der Waals surface area contributed by atoms with E-state index in [1.807, 2.05) is 30.3 Å². The fourth-order valence-electron chi connectivity index (χ4n) is 2.49. The highest BCUT2D eigenvalue weighted by Crippen LogP contribution is 2.26. The van der Waals surface area contributed by atoms with Crippen molar-refractivity contribution in [2.75, 3.05) is 16.4 Å². The lowest BCUT2D eigenvalue weighted by Gasteiger charge is -2.04. The quantitative estimate of drug-likeness (QED) is 0.293. The summed E-state index contributed by atoms with van der Waals surface area (Å²) in [5.74, 6) is -0.0369. The summed E-state index contributed by atoms with van der Waals surface area (Å²) in [6, 6.07) is 17.8. The van der Waals surface area contributed by atoms with Crippen LogP contribution in [0, 0.1) is 0 Å². The maximum Gasteiger partial charge on any atom is 0.279 e. The highest BCUT2D eigenvalue weighted by atomic mass is 35.5. The van der Waals surface area contributed by atoms with Crippen LogP contribution in [0.1, 0.15) is 10.5 Å². The van der Waals surface area contributed by atoms with E-state index in [4.69, 9.17) is 16.1 Å². The predicted molar refractivity (Wildman–Crippen MR) is 121 cm³/mol. The topological polar surface area (TPSA) is 110 Å². The summed E-state index contributed by atoms with van der Waals surface area (Å²) in [5.41, 5.74) is 1.56. The minimum absolute atomic E-state index is 0.129. The van der Waals surface area contributed by atoms with Crippen molar-refractivity contribution < 1.29 is 14.1 Å². The number of anilines is 2. The number of nitrogens with zero attached hydrogens (tertiary/aromatic N) is 3. The van der Waals surface area contributed by atoms with Crippen LogP contribution in [0.25, 0.3) is 11.3 Å². The summed E-state index contributed by atoms with van der Waals surface area (Å²) in [6.45, 7) is 0. The Kier molecular flexibility index (Phi) is 6.60. The molecule has 0 saturated carbocycles. The first kappa shape index (κ1) is 21.0. The molecule has 0 aliphatic rings. The van der Waals surface area contributed by atoms with Gasteiger partial charge in [0.25, 0.3) is 5.91 Å². The number of carbonyl (C=O) groups excluding carboxylic acids is 2. The van der Waals surface area contributed by atoms with E-state index in [2.05, 4.69) is 26.0 Å². The van der Waals surface area contributed by atoms with E-state index >= 15 is 0 Å². The molecule has 2 aromatic heterocycles. The molecule has 11 heteroatoms. The Morgan fingerprint density at radius 1 is 1.03 bits per heavy atom. The molecule has 4 aromatic rings. The highest BCUT2D eigenvalue weighted by Gasteiger charge is 2.16. The van der Waals surface area contributed by atoms with E-state index in [1.54, 1.807) is 30.3 Å². The number of nitrogens with one attached hydrogen (secondary N) is 2. The molecule has 0 spiro atoms. The molecule has 0 unspecified atom stereocenters. The summed E-state index contributed by atoms with van der Waals surface area (Å²) in [4.78, 5) is 24.5. The second kappa shape index (κ2) is 9.73. The third-order valence-electron chi connectivity index (χ3n) is 3.86. The molecule has 0 radical (unpaired) electrons. The van der Waals surface area contributed by atoms with E-state index in [1.165, 1.54) is 11.8 Å². The van der Waals surface area contributed by atoms with Gasteiger partial charge in [0, 0.05) is 22.3 Å². The SMILES string of the molecule is O=C(CSc1nnc(NC(=O)c2cc(-c3ccccc3)on2)s1)Nc1cccc(Cl)c1. The predicted octanol–water partition coefficient (Wildman–Crippen LogP) is 4.83. The first-order chi connectivity index (χ1) is 15.1. The van der Waals surface area contributed by atoms with Crippen LogP contribution in [0.3, 0.4) is 0 Å². The molecule has 156 valence electrons. The lowest BCUT2D eigenvalue weighted by atomic mass is 10.1. The smallest absolute Gasteiger partial charge is 0.279 e. The Bertz CT molecular complexity index is 1210. The second-order valence-electron chi connectivity index (χ2n) is 6.12. The normalized spacial score (nSPS) is 10.6. The minimum Gasteiger partial charge on any atom is -0.355 e. The van der Waals surface area contributed by atoms with Crippen LogP contribution in [-0.4, -0.2) is 32.9 Å². The van der Waals surface area contributed by atoms with Crippen LogP contribution in [0.4, 0.5) is 10.8 Å². The van der Waals surface area contributed by atoms with E-state index in [9.17, 15) is 9.59 Å². The molecule has 4 rings (SSSR count). The Labute approximate surface area is 190 Å². The first-order valence-electron chi connectivity index (χ1n) is 8.92. The Hall–Kier alpha value is -3.21. The molecule has 0 atom stereocenters. The van der Waals surface area contributed by atoms with E-state index in [0.717, 1.165) is 16.9 Å². The zero-order valence-electron chi connectivity index (χ0n) is 15.7. The molecule has 2 N–H and O–H groups in total. The van der Waals surface area contributed by atoms with Gasteiger partial charge in [-0.25, -0.2) is 0 Å². The van der Waals surface area contributed by atoms with Crippen molar-refractivity contribution in [3.05, 3.63) is 71.4 Å². The van der Waals surface area contributed by atoms with Gasteiger partial charge in [-0.05, 0) is 18.2 Å². The van der Waals surface area contributed by atoms with Gasteiger partial charge >= 0.3 is 0 Å². The van der Waals surface area contributed by atoms with Crippen LogP contribution >= 0.6 is 34.7 Å². The van der Waals surface area contributed by atoms with Crippen molar-refractivity contribution >= 4 is 57.3 Å². The van der Waals surface area contributed by atoms with Gasteiger partial charge < -0.3 is 9.84 Å². The number of benzene rings is 2. The molecule has 0 aliphatic heterocycles. The molecule has 2 amide bonds. The molecule has 0 aliphatic carbocycles. The van der Waals surface area contributed by atoms with Crippen molar-refractivity contribution in [3.8, 4) is 11.3 Å². The van der Waals surface area contributed by atoms with Crippen LogP contribution in [0.2, 0.25) is 5.02 Å². The number of carbonyl (C=O) groups is 2. The van der Waals surface area contributed by atoms with Gasteiger partial charge in [0.15, 0.2) is 15.8 Å². The largest absolute Gasteiger partial charge is 0.355 e. The molecule has 2 aromatic carbocycles. The monoisotopic (exact) mass is 471 g/mol. The first-order valence-corrected chi connectivity index (χ1v) is 11.1. The number of rotatable bonds is 7. The molecule has 2 heterocycles. The van der Waals surface area contributed by atoms with Gasteiger partial charge in [-0.1, -0.05) is 76.3 Å². The summed E-state index contributed by atoms with van der Waals surface area (Å²) in [6.07, 6.45) is 0. The molecular formula is C20H14ClN5O3S2. The Morgan fingerprint density at radius 3 is 2.68 bits per heavy atom. The number of aromatic nitrogens is 3. The lowest BCUT2D eigenvalue weighted by Crippen LogP contribution is -2.13. The van der Waals surface area contributed by atoms with Crippen molar-refractivity contribution in [1.82, 2.24) is 15.4 Å². The molecule has 31 heavy (non-hydrogen) atoms. The van der Waals surface area contributed by atoms with Crippen molar-refractivity contribution in [1.29, 1.82) is 0 Å². The van der Waals surface area contributed by atoms with Crippen molar-refractivity contribution in [2.24, 2.45) is 0 Å². The van der Waals surface area contributed by atoms with Crippen LogP contribution < -0.4 is 10.6 Å². The summed E-state index contributed by atoms with van der Waals surface area (Å²) in [7, 11) is 0. The van der Waals surface area contributed by atoms with Gasteiger partial charge in [0.05, 0.1) is 5.75 Å². The summed E-state index contributed by atoms with van der Waals surface area (Å²) >= 11 is 8.27. The molecule has 0 fully saturated rings. The standard InChI is InChI=1S/C20H14ClN5O3S2/c21-13-7-4-8-14(9-13)22-17(27)11-30-20-25-24-19(31-20)23-18(28)15-10-16(29-26-15)12-5-2-1-3-6-12/h1-10H,11H2,(H,22,27)(H,23,24,28). The second-order valence-corrected chi connectivity index (χ2v) is 8.75. The van der Waals surface area contributed by atoms with Gasteiger partial charge in [-0.15, -0.1) is 10.2 Å². The van der Waals surface area contributed by atoms with Crippen LogP contribution in [-0.2, 0) is 4.79 Å². The minimum atomic E-state index is -0.461. The summed E-state index contributed by atoms with van der Waals surface area (Å²) in [5, 5.41) is 17.9. The third-order valence-corrected chi connectivity index (χ3v) is 6.07. The zero-order valence-corrected chi connectivity index (χ0v) is 18.1.